The predicted octanol–water partition coefficient (Wildman–Crippen LogP) is 1.55. The Balaban J connectivity index is 1.59. The third kappa shape index (κ3) is 3.70. The van der Waals surface area contributed by atoms with Gasteiger partial charge in [0, 0.05) is 44.8 Å². The third-order valence-electron chi connectivity index (χ3n) is 6.03. The Morgan fingerprint density at radius 3 is 2.43 bits per heavy atom. The second-order valence-corrected chi connectivity index (χ2v) is 7.87. The number of hydrogen-bond donors (Lipinski definition) is 0. The van der Waals surface area contributed by atoms with Crippen molar-refractivity contribution in [2.75, 3.05) is 39.8 Å². The highest BCUT2D eigenvalue weighted by atomic mass is 16.2. The summed E-state index contributed by atoms with van der Waals surface area (Å²) in [5.74, 6) is 1.34. The molecular weight excluding hydrogens is 288 g/mol. The molecule has 1 aliphatic carbocycles. The van der Waals surface area contributed by atoms with Crippen molar-refractivity contribution in [3.05, 3.63) is 0 Å². The monoisotopic (exact) mass is 318 g/mol. The van der Waals surface area contributed by atoms with Gasteiger partial charge in [-0.3, -0.25) is 9.69 Å². The van der Waals surface area contributed by atoms with Gasteiger partial charge >= 0.3 is 0 Å². The van der Waals surface area contributed by atoms with Gasteiger partial charge in [0.15, 0.2) is 0 Å². The van der Waals surface area contributed by atoms with Crippen LogP contribution in [0, 0.1) is 23.2 Å². The highest BCUT2D eigenvalue weighted by molar-refractivity contribution is 5.80. The Kier molecular flexibility index (Phi) is 5.23. The van der Waals surface area contributed by atoms with Gasteiger partial charge in [-0.05, 0) is 38.6 Å². The molecular formula is C18H30N4O. The van der Waals surface area contributed by atoms with Gasteiger partial charge in [-0.15, -0.1) is 0 Å². The molecule has 0 N–H and O–H groups in total. The van der Waals surface area contributed by atoms with Crippen molar-refractivity contribution in [3.63, 3.8) is 0 Å². The fraction of sp³-hybridized carbons (Fsp3) is 0.889. The number of nitrogens with zero attached hydrogens (tertiary/aromatic N) is 4. The van der Waals surface area contributed by atoms with Gasteiger partial charge in [-0.25, -0.2) is 0 Å². The van der Waals surface area contributed by atoms with Crippen LogP contribution in [0.15, 0.2) is 0 Å². The minimum Gasteiger partial charge on any atom is -0.339 e. The lowest BCUT2D eigenvalue weighted by atomic mass is 9.85. The van der Waals surface area contributed by atoms with E-state index >= 15 is 0 Å². The summed E-state index contributed by atoms with van der Waals surface area (Å²) < 4.78 is 0. The second-order valence-electron chi connectivity index (χ2n) is 7.87. The molecule has 1 atom stereocenters. The lowest BCUT2D eigenvalue weighted by Crippen LogP contribution is -2.61. The SMILES string of the molecule is CC1CCC(N2CCN(C(=O)C3CN(C)C3)CC2CC#N)CC1. The molecule has 1 unspecified atom stereocenters. The van der Waals surface area contributed by atoms with Crippen molar-refractivity contribution >= 4 is 5.91 Å². The number of amides is 1. The summed E-state index contributed by atoms with van der Waals surface area (Å²) in [6.07, 6.45) is 5.66. The second kappa shape index (κ2) is 7.19. The van der Waals surface area contributed by atoms with Crippen LogP contribution in [0.1, 0.15) is 39.0 Å². The maximum absolute atomic E-state index is 12.6. The van der Waals surface area contributed by atoms with Crippen molar-refractivity contribution < 1.29 is 4.79 Å². The van der Waals surface area contributed by atoms with E-state index in [-0.39, 0.29) is 12.0 Å². The number of rotatable bonds is 3. The molecule has 2 saturated heterocycles. The van der Waals surface area contributed by atoms with Crippen LogP contribution in [0.25, 0.3) is 0 Å². The van der Waals surface area contributed by atoms with E-state index in [2.05, 4.69) is 29.8 Å². The number of hydrogen-bond acceptors (Lipinski definition) is 4. The lowest BCUT2D eigenvalue weighted by molar-refractivity contribution is -0.144. The highest BCUT2D eigenvalue weighted by Crippen LogP contribution is 2.30. The molecule has 0 aromatic heterocycles. The van der Waals surface area contributed by atoms with Gasteiger partial charge in [0.1, 0.15) is 0 Å². The van der Waals surface area contributed by atoms with E-state index in [1.54, 1.807) is 0 Å². The largest absolute Gasteiger partial charge is 0.339 e. The number of carbonyl (C=O) groups is 1. The van der Waals surface area contributed by atoms with Crippen LogP contribution in [-0.2, 0) is 4.79 Å². The number of likely N-dealkylation sites (tertiary alicyclic amines) is 1. The van der Waals surface area contributed by atoms with Crippen molar-refractivity contribution in [3.8, 4) is 6.07 Å². The van der Waals surface area contributed by atoms with Crippen molar-refractivity contribution in [2.45, 2.75) is 51.1 Å². The molecule has 128 valence electrons. The van der Waals surface area contributed by atoms with Gasteiger partial charge < -0.3 is 9.80 Å². The molecule has 3 aliphatic rings. The van der Waals surface area contributed by atoms with E-state index in [1.807, 2.05) is 4.90 Å². The van der Waals surface area contributed by atoms with Crippen LogP contribution < -0.4 is 0 Å². The fourth-order valence-corrected chi connectivity index (χ4v) is 4.52. The third-order valence-corrected chi connectivity index (χ3v) is 6.03. The van der Waals surface area contributed by atoms with E-state index in [1.165, 1.54) is 25.7 Å². The topological polar surface area (TPSA) is 50.6 Å². The Bertz CT molecular complexity index is 460. The van der Waals surface area contributed by atoms with Crippen molar-refractivity contribution in [1.29, 1.82) is 5.26 Å². The summed E-state index contributed by atoms with van der Waals surface area (Å²) in [7, 11) is 2.06. The van der Waals surface area contributed by atoms with Crippen LogP contribution in [0.4, 0.5) is 0 Å². The van der Waals surface area contributed by atoms with Crippen LogP contribution in [-0.4, -0.2) is 72.5 Å². The van der Waals surface area contributed by atoms with Crippen LogP contribution in [0.3, 0.4) is 0 Å². The molecule has 1 saturated carbocycles. The van der Waals surface area contributed by atoms with Gasteiger partial charge in [-0.2, -0.15) is 5.26 Å². The Morgan fingerprint density at radius 2 is 1.83 bits per heavy atom. The molecule has 2 heterocycles. The van der Waals surface area contributed by atoms with E-state index in [9.17, 15) is 10.1 Å². The Morgan fingerprint density at radius 1 is 1.13 bits per heavy atom. The first-order valence-electron chi connectivity index (χ1n) is 9.18. The molecule has 0 aromatic rings. The molecule has 23 heavy (non-hydrogen) atoms. The van der Waals surface area contributed by atoms with Gasteiger partial charge in [0.2, 0.25) is 5.91 Å². The highest BCUT2D eigenvalue weighted by Gasteiger charge is 2.38. The minimum atomic E-state index is 0.185. The molecule has 5 heteroatoms. The first-order chi connectivity index (χ1) is 11.1. The maximum Gasteiger partial charge on any atom is 0.228 e. The minimum absolute atomic E-state index is 0.185. The standard InChI is InChI=1S/C18H30N4O/c1-14-3-5-16(6-4-14)22-10-9-21(13-17(22)7-8-19)18(23)15-11-20(2)12-15/h14-17H,3-7,9-13H2,1-2H3. The van der Waals surface area contributed by atoms with Crippen LogP contribution >= 0.6 is 0 Å². The van der Waals surface area contributed by atoms with Gasteiger partial charge in [0.05, 0.1) is 18.4 Å². The molecule has 0 spiro atoms. The molecule has 0 bridgehead atoms. The zero-order chi connectivity index (χ0) is 16.4. The molecule has 0 aromatic carbocycles. The van der Waals surface area contributed by atoms with E-state index in [0.29, 0.717) is 18.4 Å². The predicted molar refractivity (Wildman–Crippen MR) is 89.7 cm³/mol. The normalized spacial score (nSPS) is 34.0. The van der Waals surface area contributed by atoms with E-state index in [0.717, 1.165) is 38.6 Å². The van der Waals surface area contributed by atoms with Crippen LogP contribution in [0.5, 0.6) is 0 Å². The fourth-order valence-electron chi connectivity index (χ4n) is 4.52. The summed E-state index contributed by atoms with van der Waals surface area (Å²) in [4.78, 5) is 19.4. The van der Waals surface area contributed by atoms with Crippen LogP contribution in [0.2, 0.25) is 0 Å². The maximum atomic E-state index is 12.6. The van der Waals surface area contributed by atoms with E-state index in [4.69, 9.17) is 0 Å². The van der Waals surface area contributed by atoms with Crippen molar-refractivity contribution in [2.24, 2.45) is 11.8 Å². The molecule has 3 fully saturated rings. The number of carbonyl (C=O) groups excluding carboxylic acids is 1. The average molecular weight is 318 g/mol. The summed E-state index contributed by atoms with van der Waals surface area (Å²) in [6, 6.07) is 3.20. The molecule has 3 rings (SSSR count). The first-order valence-corrected chi connectivity index (χ1v) is 9.18. The average Bonchev–Trinajstić information content (AvgIpc) is 2.52. The van der Waals surface area contributed by atoms with Crippen molar-refractivity contribution in [1.82, 2.24) is 14.7 Å². The smallest absolute Gasteiger partial charge is 0.228 e. The summed E-state index contributed by atoms with van der Waals surface area (Å²) in [5, 5.41) is 9.22. The molecule has 5 nitrogen and oxygen atoms in total. The lowest BCUT2D eigenvalue weighted by Gasteiger charge is -2.48. The quantitative estimate of drug-likeness (QED) is 0.792. The molecule has 2 aliphatic heterocycles. The summed E-state index contributed by atoms with van der Waals surface area (Å²) in [6.45, 7) is 6.66. The number of piperazine rings is 1. The summed E-state index contributed by atoms with van der Waals surface area (Å²) in [5.41, 5.74) is 0. The zero-order valence-corrected chi connectivity index (χ0v) is 14.6. The van der Waals surface area contributed by atoms with Gasteiger partial charge in [-0.1, -0.05) is 6.92 Å². The first kappa shape index (κ1) is 16.7. The molecule has 1 amide bonds. The number of nitriles is 1. The Hall–Kier alpha value is -1.12. The Labute approximate surface area is 140 Å². The van der Waals surface area contributed by atoms with E-state index < -0.39 is 0 Å². The van der Waals surface area contributed by atoms with Gasteiger partial charge in [0.25, 0.3) is 0 Å². The molecule has 0 radical (unpaired) electrons. The zero-order valence-electron chi connectivity index (χ0n) is 14.6. The summed E-state index contributed by atoms with van der Waals surface area (Å²) >= 11 is 0.